The van der Waals surface area contributed by atoms with Gasteiger partial charge in [0.2, 0.25) is 0 Å². The lowest BCUT2D eigenvalue weighted by Gasteiger charge is -2.22. The fraction of sp³-hybridized carbons (Fsp3) is 0.0435. The topological polar surface area (TPSA) is 92.5 Å². The summed E-state index contributed by atoms with van der Waals surface area (Å²) in [6, 6.07) is 19.3. The van der Waals surface area contributed by atoms with Crippen LogP contribution in [0.1, 0.15) is 11.6 Å². The average molecular weight is 464 g/mol. The van der Waals surface area contributed by atoms with Crippen molar-refractivity contribution in [2.45, 2.75) is 10.9 Å². The van der Waals surface area contributed by atoms with Crippen LogP contribution in [0.4, 0.5) is 17.1 Å². The standard InChI is InChI=1S/C23H14ClN3O4S/c24-14-7-11-15(12-8-14)26-22(28)19-20(13-5-9-16(10-6-13)27(30)31)25-17-3-1-2-4-18(17)32-21(19)23(26)29/h1-12,20,25H/t20-/m1/s1. The van der Waals surface area contributed by atoms with Crippen molar-refractivity contribution in [1.29, 1.82) is 0 Å². The van der Waals surface area contributed by atoms with Crippen molar-refractivity contribution in [3.05, 3.63) is 104 Å². The number of hydrogen-bond donors (Lipinski definition) is 1. The van der Waals surface area contributed by atoms with E-state index in [1.54, 1.807) is 36.4 Å². The molecule has 0 aliphatic carbocycles. The number of non-ortho nitro benzene ring substituents is 1. The molecule has 7 nitrogen and oxygen atoms in total. The van der Waals surface area contributed by atoms with Crippen molar-refractivity contribution in [3.8, 4) is 0 Å². The van der Waals surface area contributed by atoms with Gasteiger partial charge in [0.1, 0.15) is 0 Å². The molecule has 2 amide bonds. The van der Waals surface area contributed by atoms with Gasteiger partial charge >= 0.3 is 0 Å². The summed E-state index contributed by atoms with van der Waals surface area (Å²) in [5, 5.41) is 14.9. The first kappa shape index (κ1) is 20.3. The molecular formula is C23H14ClN3O4S. The zero-order valence-corrected chi connectivity index (χ0v) is 17.9. The van der Waals surface area contributed by atoms with Crippen molar-refractivity contribution >= 4 is 52.2 Å². The van der Waals surface area contributed by atoms with E-state index in [9.17, 15) is 19.7 Å². The van der Waals surface area contributed by atoms with Crippen LogP contribution in [0.5, 0.6) is 0 Å². The van der Waals surface area contributed by atoms with Crippen LogP contribution in [0.15, 0.2) is 88.2 Å². The van der Waals surface area contributed by atoms with Crippen molar-refractivity contribution < 1.29 is 14.5 Å². The molecule has 3 aromatic rings. The summed E-state index contributed by atoms with van der Waals surface area (Å²) in [4.78, 5) is 39.8. The number of amides is 2. The average Bonchev–Trinajstić information content (AvgIpc) is 2.94. The van der Waals surface area contributed by atoms with E-state index in [2.05, 4.69) is 5.32 Å². The molecule has 0 unspecified atom stereocenters. The molecule has 158 valence electrons. The number of benzene rings is 3. The molecule has 1 atom stereocenters. The van der Waals surface area contributed by atoms with Gasteiger partial charge in [-0.15, -0.1) is 0 Å². The number of carbonyl (C=O) groups is 2. The first-order valence-corrected chi connectivity index (χ1v) is 10.8. The molecule has 0 aromatic heterocycles. The van der Waals surface area contributed by atoms with Crippen molar-refractivity contribution in [3.63, 3.8) is 0 Å². The van der Waals surface area contributed by atoms with Gasteiger partial charge in [0.05, 0.1) is 27.1 Å². The molecule has 3 aromatic carbocycles. The molecule has 2 aliphatic heterocycles. The second-order valence-electron chi connectivity index (χ2n) is 7.19. The Morgan fingerprint density at radius 3 is 2.31 bits per heavy atom. The molecule has 0 spiro atoms. The van der Waals surface area contributed by atoms with Gasteiger partial charge in [-0.2, -0.15) is 0 Å². The Labute approximate surface area is 191 Å². The molecule has 0 saturated carbocycles. The third kappa shape index (κ3) is 3.34. The number of carbonyl (C=O) groups excluding carboxylic acids is 2. The molecule has 9 heteroatoms. The first-order chi connectivity index (χ1) is 15.4. The Bertz CT molecular complexity index is 1310. The predicted octanol–water partition coefficient (Wildman–Crippen LogP) is 5.33. The zero-order valence-electron chi connectivity index (χ0n) is 16.3. The molecule has 1 N–H and O–H groups in total. The predicted molar refractivity (Wildman–Crippen MR) is 123 cm³/mol. The molecule has 0 radical (unpaired) electrons. The molecule has 0 saturated heterocycles. The van der Waals surface area contributed by atoms with Crippen molar-refractivity contribution in [2.24, 2.45) is 0 Å². The number of thioether (sulfide) groups is 1. The number of fused-ring (bicyclic) bond motifs is 1. The van der Waals surface area contributed by atoms with Crippen LogP contribution in [0, 0.1) is 10.1 Å². The quantitative estimate of drug-likeness (QED) is 0.320. The van der Waals surface area contributed by atoms with Crippen LogP contribution in [0.2, 0.25) is 5.02 Å². The number of nitro benzene ring substituents is 1. The maximum Gasteiger partial charge on any atom is 0.272 e. The summed E-state index contributed by atoms with van der Waals surface area (Å²) in [6.45, 7) is 0. The zero-order chi connectivity index (χ0) is 22.4. The number of imide groups is 1. The molecule has 0 fully saturated rings. The summed E-state index contributed by atoms with van der Waals surface area (Å²) in [6.07, 6.45) is 0. The van der Waals surface area contributed by atoms with E-state index in [0.29, 0.717) is 26.8 Å². The number of halogens is 1. The summed E-state index contributed by atoms with van der Waals surface area (Å²) in [5.41, 5.74) is 2.09. The second-order valence-corrected chi connectivity index (χ2v) is 8.68. The first-order valence-electron chi connectivity index (χ1n) is 9.60. The Balaban J connectivity index is 1.63. The minimum Gasteiger partial charge on any atom is -0.373 e. The number of para-hydroxylation sites is 1. The van der Waals surface area contributed by atoms with E-state index in [4.69, 9.17) is 11.6 Å². The molecule has 32 heavy (non-hydrogen) atoms. The van der Waals surface area contributed by atoms with Crippen LogP contribution in [-0.4, -0.2) is 16.7 Å². The largest absolute Gasteiger partial charge is 0.373 e. The smallest absolute Gasteiger partial charge is 0.272 e. The monoisotopic (exact) mass is 463 g/mol. The second kappa shape index (κ2) is 7.81. The van der Waals surface area contributed by atoms with Crippen molar-refractivity contribution in [1.82, 2.24) is 0 Å². The van der Waals surface area contributed by atoms with Gasteiger partial charge in [0.15, 0.2) is 0 Å². The lowest BCUT2D eigenvalue weighted by molar-refractivity contribution is -0.384. The molecule has 5 rings (SSSR count). The summed E-state index contributed by atoms with van der Waals surface area (Å²) >= 11 is 7.21. The van der Waals surface area contributed by atoms with E-state index < -0.39 is 22.8 Å². The minimum absolute atomic E-state index is 0.0528. The van der Waals surface area contributed by atoms with Gasteiger partial charge in [0.25, 0.3) is 17.5 Å². The number of nitrogens with one attached hydrogen (secondary N) is 1. The number of anilines is 2. The molecular weight excluding hydrogens is 450 g/mol. The minimum atomic E-state index is -0.657. The summed E-state index contributed by atoms with van der Waals surface area (Å²) in [7, 11) is 0. The number of nitrogens with zero attached hydrogens (tertiary/aromatic N) is 2. The van der Waals surface area contributed by atoms with Crippen LogP contribution < -0.4 is 10.2 Å². The van der Waals surface area contributed by atoms with Gasteiger partial charge in [-0.25, -0.2) is 4.90 Å². The SMILES string of the molecule is O=C1C2=C(C(=O)N1c1ccc(Cl)cc1)[C@@H](c1ccc([N+](=O)[O-])cc1)Nc1ccccc1S2. The van der Waals surface area contributed by atoms with E-state index in [-0.39, 0.29) is 5.69 Å². The third-order valence-corrected chi connectivity index (χ3v) is 6.71. The molecule has 2 aliphatic rings. The lowest BCUT2D eigenvalue weighted by atomic mass is 9.97. The van der Waals surface area contributed by atoms with Gasteiger partial charge in [-0.3, -0.25) is 19.7 Å². The Morgan fingerprint density at radius 1 is 0.938 bits per heavy atom. The van der Waals surface area contributed by atoms with Gasteiger partial charge in [-0.1, -0.05) is 35.5 Å². The Kier molecular flexibility index (Phi) is 4.96. The van der Waals surface area contributed by atoms with E-state index in [0.717, 1.165) is 15.5 Å². The van der Waals surface area contributed by atoms with Crippen LogP contribution in [0.25, 0.3) is 0 Å². The lowest BCUT2D eigenvalue weighted by Crippen LogP contribution is -2.33. The summed E-state index contributed by atoms with van der Waals surface area (Å²) < 4.78 is 0. The van der Waals surface area contributed by atoms with Crippen LogP contribution in [-0.2, 0) is 9.59 Å². The fourth-order valence-electron chi connectivity index (χ4n) is 3.76. The number of rotatable bonds is 3. The van der Waals surface area contributed by atoms with Gasteiger partial charge in [-0.05, 0) is 54.1 Å². The Hall–Kier alpha value is -3.62. The van der Waals surface area contributed by atoms with Crippen LogP contribution in [0.3, 0.4) is 0 Å². The van der Waals surface area contributed by atoms with Gasteiger partial charge < -0.3 is 5.32 Å². The normalized spacial score (nSPS) is 17.5. The highest BCUT2D eigenvalue weighted by Crippen LogP contribution is 2.48. The van der Waals surface area contributed by atoms with E-state index in [1.165, 1.54) is 23.9 Å². The maximum atomic E-state index is 13.6. The highest BCUT2D eigenvalue weighted by atomic mass is 35.5. The van der Waals surface area contributed by atoms with E-state index >= 15 is 0 Å². The fourth-order valence-corrected chi connectivity index (χ4v) is 4.98. The Morgan fingerprint density at radius 2 is 1.62 bits per heavy atom. The van der Waals surface area contributed by atoms with Crippen LogP contribution >= 0.6 is 23.4 Å². The van der Waals surface area contributed by atoms with Gasteiger partial charge in [0, 0.05) is 27.7 Å². The number of hydrogen-bond acceptors (Lipinski definition) is 6. The third-order valence-electron chi connectivity index (χ3n) is 5.29. The molecule has 0 bridgehead atoms. The molecule has 2 heterocycles. The van der Waals surface area contributed by atoms with E-state index in [1.807, 2.05) is 24.3 Å². The highest BCUT2D eigenvalue weighted by molar-refractivity contribution is 8.04. The highest BCUT2D eigenvalue weighted by Gasteiger charge is 2.45. The maximum absolute atomic E-state index is 13.6. The van der Waals surface area contributed by atoms with Crippen molar-refractivity contribution in [2.75, 3.05) is 10.2 Å². The summed E-state index contributed by atoms with van der Waals surface area (Å²) in [5.74, 6) is -0.855. The number of nitro groups is 1.